The summed E-state index contributed by atoms with van der Waals surface area (Å²) in [5.74, 6) is 1.75. The van der Waals surface area contributed by atoms with E-state index in [1.165, 1.54) is 0 Å². The SMILES string of the molecule is Cc1cc(C(=O)C2CCC23CCC(Nc2nc(N(C)C)c4ccccc4n2)CC3)cc(C)c1[NH+]([O-])O. The number of para-hydroxylation sites is 1. The van der Waals surface area contributed by atoms with Crippen LogP contribution in [0.15, 0.2) is 36.4 Å². The van der Waals surface area contributed by atoms with E-state index < -0.39 is 5.23 Å². The Kier molecular flexibility index (Phi) is 6.44. The van der Waals surface area contributed by atoms with Crippen LogP contribution in [0.2, 0.25) is 0 Å². The van der Waals surface area contributed by atoms with Gasteiger partial charge in [0.15, 0.2) is 11.5 Å². The predicted molar refractivity (Wildman–Crippen MR) is 141 cm³/mol. The maximum atomic E-state index is 13.5. The first-order valence-electron chi connectivity index (χ1n) is 12.8. The molecule has 0 aliphatic heterocycles. The minimum Gasteiger partial charge on any atom is -0.595 e. The van der Waals surface area contributed by atoms with Gasteiger partial charge in [0, 0.05) is 48.1 Å². The summed E-state index contributed by atoms with van der Waals surface area (Å²) in [4.78, 5) is 25.1. The van der Waals surface area contributed by atoms with E-state index in [0.717, 1.165) is 55.2 Å². The van der Waals surface area contributed by atoms with E-state index in [1.54, 1.807) is 26.0 Å². The highest BCUT2D eigenvalue weighted by molar-refractivity contribution is 5.99. The van der Waals surface area contributed by atoms with Gasteiger partial charge in [0.25, 0.3) is 0 Å². The van der Waals surface area contributed by atoms with Gasteiger partial charge in [-0.25, -0.2) is 10.2 Å². The van der Waals surface area contributed by atoms with Crippen LogP contribution in [0.3, 0.4) is 0 Å². The zero-order valence-corrected chi connectivity index (χ0v) is 21.5. The fourth-order valence-electron chi connectivity index (χ4n) is 6.33. The maximum Gasteiger partial charge on any atom is 0.225 e. The Morgan fingerprint density at radius 1 is 1.08 bits per heavy atom. The Bertz CT molecular complexity index is 1270. The highest BCUT2D eigenvalue weighted by Gasteiger charge is 2.51. The van der Waals surface area contributed by atoms with Crippen molar-refractivity contribution in [1.82, 2.24) is 9.97 Å². The van der Waals surface area contributed by atoms with E-state index in [-0.39, 0.29) is 23.2 Å². The van der Waals surface area contributed by atoms with Crippen LogP contribution < -0.4 is 15.4 Å². The number of benzene rings is 2. The first kappa shape index (κ1) is 24.6. The lowest BCUT2D eigenvalue weighted by Gasteiger charge is -2.52. The molecular formula is C28H35N5O3. The Labute approximate surface area is 211 Å². The van der Waals surface area contributed by atoms with Gasteiger partial charge in [-0.3, -0.25) is 4.79 Å². The molecule has 3 aromatic rings. The fourth-order valence-corrected chi connectivity index (χ4v) is 6.33. The summed E-state index contributed by atoms with van der Waals surface area (Å²) in [5.41, 5.74) is 3.24. The van der Waals surface area contributed by atoms with Crippen LogP contribution in [0.5, 0.6) is 0 Å². The van der Waals surface area contributed by atoms with E-state index in [2.05, 4.69) is 5.32 Å². The van der Waals surface area contributed by atoms with Gasteiger partial charge < -0.3 is 15.4 Å². The normalized spacial score (nSPS) is 24.4. The van der Waals surface area contributed by atoms with Crippen molar-refractivity contribution < 1.29 is 15.2 Å². The third kappa shape index (κ3) is 4.34. The molecule has 0 radical (unpaired) electrons. The number of hydrogen-bond acceptors (Lipinski definition) is 7. The third-order valence-electron chi connectivity index (χ3n) is 8.34. The first-order valence-corrected chi connectivity index (χ1v) is 12.8. The summed E-state index contributed by atoms with van der Waals surface area (Å²) in [5, 5.41) is 24.7. The van der Waals surface area contributed by atoms with Crippen molar-refractivity contribution in [3.05, 3.63) is 58.3 Å². The van der Waals surface area contributed by atoms with Crippen molar-refractivity contribution in [3.8, 4) is 0 Å². The van der Waals surface area contributed by atoms with Crippen molar-refractivity contribution in [2.75, 3.05) is 24.3 Å². The molecule has 2 atom stereocenters. The molecule has 2 unspecified atom stereocenters. The highest BCUT2D eigenvalue weighted by Crippen LogP contribution is 2.57. The van der Waals surface area contributed by atoms with Gasteiger partial charge in [-0.15, -0.1) is 0 Å². The number of quaternary nitrogens is 1. The molecule has 5 rings (SSSR count). The molecule has 0 saturated heterocycles. The smallest absolute Gasteiger partial charge is 0.225 e. The molecule has 36 heavy (non-hydrogen) atoms. The van der Waals surface area contributed by atoms with Gasteiger partial charge in [0.1, 0.15) is 5.82 Å². The van der Waals surface area contributed by atoms with E-state index in [9.17, 15) is 15.2 Å². The van der Waals surface area contributed by atoms with Crippen LogP contribution in [0, 0.1) is 30.4 Å². The second kappa shape index (κ2) is 9.42. The Balaban J connectivity index is 1.28. The Morgan fingerprint density at radius 2 is 1.72 bits per heavy atom. The minimum atomic E-state index is -0.942. The molecule has 0 amide bonds. The second-order valence-corrected chi connectivity index (χ2v) is 10.8. The zero-order chi connectivity index (χ0) is 25.6. The largest absolute Gasteiger partial charge is 0.595 e. The zero-order valence-electron chi connectivity index (χ0n) is 21.5. The molecule has 0 bridgehead atoms. The number of anilines is 2. The number of carbonyl (C=O) groups is 1. The Morgan fingerprint density at radius 3 is 2.31 bits per heavy atom. The summed E-state index contributed by atoms with van der Waals surface area (Å²) in [6.45, 7) is 3.55. The summed E-state index contributed by atoms with van der Waals surface area (Å²) in [6.07, 6.45) is 5.95. The van der Waals surface area contributed by atoms with Crippen LogP contribution in [0.4, 0.5) is 17.5 Å². The minimum absolute atomic E-state index is 0.0187. The number of ketones is 1. The molecule has 1 heterocycles. The molecule has 2 aliphatic rings. The standard InChI is InChI=1S/C28H35N5O3/c1-17-15-19(16-18(2)24(17)33(35)36)25(34)22-11-14-28(22)12-9-20(10-13-28)29-27-30-23-8-6-5-7-21(23)26(31-27)32(3)4/h5-8,15-16,20,22,33,35H,9-14H2,1-4H3,(H,29,30,31). The summed E-state index contributed by atoms with van der Waals surface area (Å²) in [6, 6.07) is 11.9. The first-order chi connectivity index (χ1) is 17.2. The predicted octanol–water partition coefficient (Wildman–Crippen LogP) is 4.35. The average molecular weight is 490 g/mol. The van der Waals surface area contributed by atoms with Gasteiger partial charge in [0.05, 0.1) is 5.52 Å². The van der Waals surface area contributed by atoms with Gasteiger partial charge in [-0.2, -0.15) is 10.2 Å². The van der Waals surface area contributed by atoms with Crippen molar-refractivity contribution in [1.29, 1.82) is 0 Å². The molecular weight excluding hydrogens is 454 g/mol. The molecule has 1 spiro atoms. The van der Waals surface area contributed by atoms with E-state index in [4.69, 9.17) is 9.97 Å². The van der Waals surface area contributed by atoms with Crippen LogP contribution in [-0.2, 0) is 0 Å². The molecule has 8 heteroatoms. The van der Waals surface area contributed by atoms with Gasteiger partial charge in [0.2, 0.25) is 5.95 Å². The molecule has 1 aromatic heterocycles. The van der Waals surface area contributed by atoms with Crippen molar-refractivity contribution >= 4 is 34.1 Å². The molecule has 190 valence electrons. The lowest BCUT2D eigenvalue weighted by atomic mass is 9.52. The number of hydrogen-bond donors (Lipinski definition) is 3. The van der Waals surface area contributed by atoms with Gasteiger partial charge in [-0.05, 0) is 82.1 Å². The molecule has 3 N–H and O–H groups in total. The topological polar surface area (TPSA) is 106 Å². The van der Waals surface area contributed by atoms with E-state index in [0.29, 0.717) is 28.3 Å². The number of nitrogens with one attached hydrogen (secondary N) is 2. The second-order valence-electron chi connectivity index (χ2n) is 10.8. The lowest BCUT2D eigenvalue weighted by molar-refractivity contribution is -0.991. The number of nitrogens with zero attached hydrogens (tertiary/aromatic N) is 3. The van der Waals surface area contributed by atoms with Gasteiger partial charge in [-0.1, -0.05) is 12.1 Å². The summed E-state index contributed by atoms with van der Waals surface area (Å²) in [7, 11) is 3.99. The highest BCUT2D eigenvalue weighted by atomic mass is 16.8. The summed E-state index contributed by atoms with van der Waals surface area (Å²) >= 11 is 0. The number of fused-ring (bicyclic) bond motifs is 1. The molecule has 2 aliphatic carbocycles. The number of aryl methyl sites for hydroxylation is 2. The average Bonchev–Trinajstić information content (AvgIpc) is 2.82. The number of rotatable bonds is 6. The van der Waals surface area contributed by atoms with Crippen molar-refractivity contribution in [3.63, 3.8) is 0 Å². The van der Waals surface area contributed by atoms with Gasteiger partial charge >= 0.3 is 0 Å². The molecule has 2 saturated carbocycles. The molecule has 8 nitrogen and oxygen atoms in total. The number of carbonyl (C=O) groups excluding carboxylic acids is 1. The van der Waals surface area contributed by atoms with E-state index >= 15 is 0 Å². The van der Waals surface area contributed by atoms with Crippen molar-refractivity contribution in [2.45, 2.75) is 58.4 Å². The monoisotopic (exact) mass is 489 g/mol. The lowest BCUT2D eigenvalue weighted by Crippen LogP contribution is -2.99. The van der Waals surface area contributed by atoms with E-state index in [1.807, 2.05) is 43.3 Å². The van der Waals surface area contributed by atoms with Crippen LogP contribution >= 0.6 is 0 Å². The fraction of sp³-hybridized carbons (Fsp3) is 0.464. The third-order valence-corrected chi connectivity index (χ3v) is 8.34. The van der Waals surface area contributed by atoms with Crippen LogP contribution in [0.25, 0.3) is 10.9 Å². The van der Waals surface area contributed by atoms with Crippen molar-refractivity contribution in [2.24, 2.45) is 11.3 Å². The molecule has 2 fully saturated rings. The maximum absolute atomic E-state index is 13.5. The van der Waals surface area contributed by atoms with Crippen LogP contribution in [-0.4, -0.2) is 41.1 Å². The number of aromatic nitrogens is 2. The molecule has 2 aromatic carbocycles. The quantitative estimate of drug-likeness (QED) is 0.349. The Hall–Kier alpha value is -3.07. The van der Waals surface area contributed by atoms with Crippen LogP contribution in [0.1, 0.15) is 60.0 Å². The summed E-state index contributed by atoms with van der Waals surface area (Å²) < 4.78 is 0. The number of Topliss-reactive ketones (excluding diaryl/α,β-unsaturated/α-hetero) is 1.